The van der Waals surface area contributed by atoms with Crippen molar-refractivity contribution >= 4 is 29.2 Å². The summed E-state index contributed by atoms with van der Waals surface area (Å²) in [5.74, 6) is -1.63. The molecule has 0 bridgehead atoms. The Bertz CT molecular complexity index is 788. The Balaban J connectivity index is 2.30. The van der Waals surface area contributed by atoms with Crippen LogP contribution in [0.15, 0.2) is 30.3 Å². The van der Waals surface area contributed by atoms with Gasteiger partial charge in [0.1, 0.15) is 17.1 Å². The fraction of sp³-hybridized carbons (Fsp3) is 0.125. The van der Waals surface area contributed by atoms with Gasteiger partial charge in [-0.25, -0.2) is 4.79 Å². The molecule has 0 saturated carbocycles. The molecule has 0 heterocycles. The molecule has 0 fully saturated rings. The van der Waals surface area contributed by atoms with E-state index in [1.54, 1.807) is 13.0 Å². The van der Waals surface area contributed by atoms with Crippen LogP contribution in [0.2, 0.25) is 5.02 Å². The number of methoxy groups -OCH3 is 1. The summed E-state index contributed by atoms with van der Waals surface area (Å²) in [5, 5.41) is 21.6. The number of carbonyl (C=O) groups excluding carboxylic acids is 1. The van der Waals surface area contributed by atoms with E-state index in [0.717, 1.165) is 0 Å². The van der Waals surface area contributed by atoms with Gasteiger partial charge in [-0.15, -0.1) is 0 Å². The summed E-state index contributed by atoms with van der Waals surface area (Å²) in [6, 6.07) is 7.20. The topological polar surface area (TPSA) is 95.9 Å². The normalized spacial score (nSPS) is 10.2. The molecule has 7 heteroatoms. The third-order valence-electron chi connectivity index (χ3n) is 3.20. The molecule has 0 aliphatic carbocycles. The smallest absolute Gasteiger partial charge is 0.339 e. The van der Waals surface area contributed by atoms with Crippen molar-refractivity contribution in [1.29, 1.82) is 0 Å². The van der Waals surface area contributed by atoms with Crippen LogP contribution in [0, 0.1) is 6.92 Å². The Morgan fingerprint density at radius 3 is 2.48 bits per heavy atom. The van der Waals surface area contributed by atoms with Gasteiger partial charge in [0, 0.05) is 11.3 Å². The van der Waals surface area contributed by atoms with E-state index >= 15 is 0 Å². The molecular formula is C16H14ClNO5. The molecule has 1 amide bonds. The number of nitrogens with one attached hydrogen (secondary N) is 1. The summed E-state index contributed by atoms with van der Waals surface area (Å²) in [6.45, 7) is 1.54. The Morgan fingerprint density at radius 1 is 1.22 bits per heavy atom. The van der Waals surface area contributed by atoms with E-state index in [4.69, 9.17) is 21.4 Å². The third kappa shape index (κ3) is 3.54. The van der Waals surface area contributed by atoms with E-state index in [9.17, 15) is 14.7 Å². The highest BCUT2D eigenvalue weighted by Gasteiger charge is 2.15. The molecule has 2 aromatic rings. The molecule has 120 valence electrons. The minimum Gasteiger partial charge on any atom is -0.507 e. The number of hydrogen-bond acceptors (Lipinski definition) is 4. The lowest BCUT2D eigenvalue weighted by Gasteiger charge is -2.10. The van der Waals surface area contributed by atoms with Crippen molar-refractivity contribution in [2.45, 2.75) is 6.92 Å². The summed E-state index contributed by atoms with van der Waals surface area (Å²) in [4.78, 5) is 23.3. The van der Waals surface area contributed by atoms with Crippen LogP contribution in [0.5, 0.6) is 11.5 Å². The van der Waals surface area contributed by atoms with E-state index in [0.29, 0.717) is 16.9 Å². The molecule has 3 N–H and O–H groups in total. The Kier molecular flexibility index (Phi) is 4.76. The zero-order valence-corrected chi connectivity index (χ0v) is 13.1. The number of aryl methyl sites for hydroxylation is 1. The maximum atomic E-state index is 12.2. The van der Waals surface area contributed by atoms with Gasteiger partial charge in [-0.05, 0) is 42.8 Å². The van der Waals surface area contributed by atoms with Crippen LogP contribution >= 0.6 is 11.6 Å². The molecule has 0 saturated heterocycles. The van der Waals surface area contributed by atoms with Crippen molar-refractivity contribution in [3.63, 3.8) is 0 Å². The number of carbonyl (C=O) groups is 2. The number of phenols is 1. The largest absolute Gasteiger partial charge is 0.507 e. The maximum absolute atomic E-state index is 12.2. The molecule has 0 spiro atoms. The second kappa shape index (κ2) is 6.58. The number of carboxylic acid groups (broad SMARTS) is 1. The SMILES string of the molecule is COc1ccc(C(=O)Nc2cc(C)c(O)c(C(=O)O)c2)cc1Cl. The first-order chi connectivity index (χ1) is 10.8. The number of carboxylic acids is 1. The number of benzene rings is 2. The minimum absolute atomic E-state index is 0.259. The van der Waals surface area contributed by atoms with Crippen LogP contribution in [0.3, 0.4) is 0 Å². The standard InChI is InChI=1S/C16H14ClNO5/c1-8-5-10(7-11(14(8)19)16(21)22)18-15(20)9-3-4-13(23-2)12(17)6-9/h3-7,19H,1-2H3,(H,18,20)(H,21,22). The molecule has 0 atom stereocenters. The van der Waals surface area contributed by atoms with Crippen LogP contribution < -0.4 is 10.1 Å². The van der Waals surface area contributed by atoms with Gasteiger partial charge in [0.25, 0.3) is 5.91 Å². The summed E-state index contributed by atoms with van der Waals surface area (Å²) in [5.41, 5.74) is 0.606. The summed E-state index contributed by atoms with van der Waals surface area (Å²) in [6.07, 6.45) is 0. The van der Waals surface area contributed by atoms with Crippen molar-refractivity contribution in [2.75, 3.05) is 12.4 Å². The number of rotatable bonds is 4. The van der Waals surface area contributed by atoms with Gasteiger partial charge >= 0.3 is 5.97 Å². The minimum atomic E-state index is -1.28. The average molecular weight is 336 g/mol. The second-order valence-corrected chi connectivity index (χ2v) is 5.21. The fourth-order valence-electron chi connectivity index (χ4n) is 2.03. The van der Waals surface area contributed by atoms with Gasteiger partial charge in [0.2, 0.25) is 0 Å². The lowest BCUT2D eigenvalue weighted by Crippen LogP contribution is -2.13. The lowest BCUT2D eigenvalue weighted by atomic mass is 10.1. The van der Waals surface area contributed by atoms with Gasteiger partial charge in [-0.3, -0.25) is 4.79 Å². The predicted octanol–water partition coefficient (Wildman–Crippen LogP) is 3.31. The molecular weight excluding hydrogens is 322 g/mol. The van der Waals surface area contributed by atoms with Gasteiger partial charge in [0.15, 0.2) is 0 Å². The fourth-order valence-corrected chi connectivity index (χ4v) is 2.28. The van der Waals surface area contributed by atoms with Crippen molar-refractivity contribution in [3.05, 3.63) is 52.0 Å². The molecule has 2 aromatic carbocycles. The van der Waals surface area contributed by atoms with Crippen molar-refractivity contribution in [3.8, 4) is 11.5 Å². The van der Waals surface area contributed by atoms with Crippen LogP contribution in [0.25, 0.3) is 0 Å². The number of aromatic carboxylic acids is 1. The Morgan fingerprint density at radius 2 is 1.91 bits per heavy atom. The number of hydrogen-bond donors (Lipinski definition) is 3. The van der Waals surface area contributed by atoms with Crippen LogP contribution in [-0.4, -0.2) is 29.2 Å². The van der Waals surface area contributed by atoms with E-state index < -0.39 is 11.9 Å². The van der Waals surface area contributed by atoms with Crippen LogP contribution in [-0.2, 0) is 0 Å². The van der Waals surface area contributed by atoms with E-state index in [1.165, 1.54) is 31.4 Å². The molecule has 2 rings (SSSR count). The zero-order valence-electron chi connectivity index (χ0n) is 12.4. The second-order valence-electron chi connectivity index (χ2n) is 4.80. The van der Waals surface area contributed by atoms with Gasteiger partial charge in [-0.1, -0.05) is 11.6 Å². The highest BCUT2D eigenvalue weighted by atomic mass is 35.5. The molecule has 0 aromatic heterocycles. The van der Waals surface area contributed by atoms with E-state index in [1.807, 2.05) is 0 Å². The van der Waals surface area contributed by atoms with Crippen molar-refractivity contribution < 1.29 is 24.5 Å². The predicted molar refractivity (Wildman–Crippen MR) is 85.8 cm³/mol. The lowest BCUT2D eigenvalue weighted by molar-refractivity contribution is 0.0693. The quantitative estimate of drug-likeness (QED) is 0.745. The molecule has 6 nitrogen and oxygen atoms in total. The van der Waals surface area contributed by atoms with E-state index in [-0.39, 0.29) is 22.0 Å². The van der Waals surface area contributed by atoms with Crippen molar-refractivity contribution in [1.82, 2.24) is 0 Å². The molecule has 0 unspecified atom stereocenters. The molecule has 23 heavy (non-hydrogen) atoms. The number of aromatic hydroxyl groups is 1. The first-order valence-electron chi connectivity index (χ1n) is 6.55. The zero-order chi connectivity index (χ0) is 17.1. The highest BCUT2D eigenvalue weighted by Crippen LogP contribution is 2.28. The summed E-state index contributed by atoms with van der Waals surface area (Å²) in [7, 11) is 1.47. The highest BCUT2D eigenvalue weighted by molar-refractivity contribution is 6.32. The number of halogens is 1. The number of ether oxygens (including phenoxy) is 1. The summed E-state index contributed by atoms with van der Waals surface area (Å²) < 4.78 is 5.01. The number of anilines is 1. The van der Waals surface area contributed by atoms with Gasteiger partial charge < -0.3 is 20.3 Å². The molecule has 0 radical (unpaired) electrons. The van der Waals surface area contributed by atoms with Crippen LogP contribution in [0.4, 0.5) is 5.69 Å². The average Bonchev–Trinajstić information content (AvgIpc) is 2.50. The molecule has 0 aliphatic rings. The third-order valence-corrected chi connectivity index (χ3v) is 3.50. The van der Waals surface area contributed by atoms with Crippen LogP contribution in [0.1, 0.15) is 26.3 Å². The van der Waals surface area contributed by atoms with Crippen molar-refractivity contribution in [2.24, 2.45) is 0 Å². The Labute approximate surface area is 137 Å². The van der Waals surface area contributed by atoms with Gasteiger partial charge in [0.05, 0.1) is 12.1 Å². The maximum Gasteiger partial charge on any atom is 0.339 e. The summed E-state index contributed by atoms with van der Waals surface area (Å²) >= 11 is 5.97. The Hall–Kier alpha value is -2.73. The van der Waals surface area contributed by atoms with Gasteiger partial charge in [-0.2, -0.15) is 0 Å². The number of amides is 1. The monoisotopic (exact) mass is 335 g/mol. The molecule has 0 aliphatic heterocycles. The van der Waals surface area contributed by atoms with E-state index in [2.05, 4.69) is 5.32 Å². The first kappa shape index (κ1) is 16.6. The first-order valence-corrected chi connectivity index (χ1v) is 6.93.